The predicted octanol–water partition coefficient (Wildman–Crippen LogP) is 1.78. The topological polar surface area (TPSA) is 58.9 Å². The minimum absolute atomic E-state index is 0.205. The average molecular weight is 212 g/mol. The zero-order valence-electron chi connectivity index (χ0n) is 8.88. The molecule has 0 fully saturated rings. The van der Waals surface area contributed by atoms with Gasteiger partial charge < -0.3 is 19.7 Å². The summed E-state index contributed by atoms with van der Waals surface area (Å²) in [5.74, 6) is 0.205. The Morgan fingerprint density at radius 1 is 1.27 bits per heavy atom. The number of aliphatic hydroxyl groups excluding tert-OH is 1. The maximum Gasteiger partial charge on any atom is 0.269 e. The third kappa shape index (κ3) is 3.87. The summed E-state index contributed by atoms with van der Waals surface area (Å²) in [5.41, 5.74) is 0.867. The highest BCUT2D eigenvalue weighted by molar-refractivity contribution is 5.26. The standard InChI is InChI=1S/C11H16O4/c1-3-14-11(13)15-8(2)9-4-6-10(12)7-5-9/h4-8,11-13H,3H2,1-2H3. The minimum Gasteiger partial charge on any atom is -0.508 e. The molecule has 84 valence electrons. The van der Waals surface area contributed by atoms with E-state index in [9.17, 15) is 5.11 Å². The summed E-state index contributed by atoms with van der Waals surface area (Å²) >= 11 is 0. The highest BCUT2D eigenvalue weighted by Crippen LogP contribution is 2.20. The van der Waals surface area contributed by atoms with E-state index in [1.807, 2.05) is 0 Å². The molecule has 2 unspecified atom stereocenters. The number of aliphatic hydroxyl groups is 1. The molecule has 1 rings (SSSR count). The molecule has 15 heavy (non-hydrogen) atoms. The molecule has 0 aliphatic heterocycles. The molecule has 0 heterocycles. The molecule has 1 aromatic rings. The van der Waals surface area contributed by atoms with Crippen molar-refractivity contribution in [1.29, 1.82) is 0 Å². The fourth-order valence-electron chi connectivity index (χ4n) is 1.18. The molecule has 0 aromatic heterocycles. The molecule has 0 saturated heterocycles. The van der Waals surface area contributed by atoms with E-state index >= 15 is 0 Å². The summed E-state index contributed by atoms with van der Waals surface area (Å²) < 4.78 is 10.0. The van der Waals surface area contributed by atoms with E-state index < -0.39 is 6.48 Å². The summed E-state index contributed by atoms with van der Waals surface area (Å²) in [6.45, 7) is 2.76. The van der Waals surface area contributed by atoms with Crippen LogP contribution in [0.25, 0.3) is 0 Å². The second-order valence-electron chi connectivity index (χ2n) is 3.13. The Labute approximate surface area is 89.1 Å². The second kappa shape index (κ2) is 5.70. The van der Waals surface area contributed by atoms with Gasteiger partial charge in [-0.3, -0.25) is 0 Å². The van der Waals surface area contributed by atoms with E-state index in [1.54, 1.807) is 38.1 Å². The summed E-state index contributed by atoms with van der Waals surface area (Å²) in [5, 5.41) is 18.3. The number of ether oxygens (including phenoxy) is 2. The van der Waals surface area contributed by atoms with Crippen LogP contribution >= 0.6 is 0 Å². The summed E-state index contributed by atoms with van der Waals surface area (Å²) in [4.78, 5) is 0. The zero-order chi connectivity index (χ0) is 11.3. The van der Waals surface area contributed by atoms with Gasteiger partial charge in [-0.05, 0) is 31.5 Å². The normalized spacial score (nSPS) is 14.9. The molecular formula is C11H16O4. The molecule has 0 amide bonds. The van der Waals surface area contributed by atoms with Gasteiger partial charge in [0, 0.05) is 6.61 Å². The first-order valence-corrected chi connectivity index (χ1v) is 4.87. The molecule has 4 nitrogen and oxygen atoms in total. The van der Waals surface area contributed by atoms with E-state index in [-0.39, 0.29) is 11.9 Å². The van der Waals surface area contributed by atoms with Crippen LogP contribution < -0.4 is 0 Å². The third-order valence-corrected chi connectivity index (χ3v) is 1.99. The maximum absolute atomic E-state index is 9.24. The minimum atomic E-state index is -1.21. The first-order chi connectivity index (χ1) is 7.13. The first kappa shape index (κ1) is 12.0. The third-order valence-electron chi connectivity index (χ3n) is 1.99. The van der Waals surface area contributed by atoms with Gasteiger partial charge in [0.2, 0.25) is 0 Å². The van der Waals surface area contributed by atoms with Crippen molar-refractivity contribution in [1.82, 2.24) is 0 Å². The molecular weight excluding hydrogens is 196 g/mol. The Kier molecular flexibility index (Phi) is 4.55. The number of hydrogen-bond acceptors (Lipinski definition) is 4. The first-order valence-electron chi connectivity index (χ1n) is 4.87. The number of rotatable bonds is 5. The fourth-order valence-corrected chi connectivity index (χ4v) is 1.18. The van der Waals surface area contributed by atoms with E-state index in [1.165, 1.54) is 0 Å². The lowest BCUT2D eigenvalue weighted by Crippen LogP contribution is -2.18. The number of phenolic OH excluding ortho intramolecular Hbond substituents is 1. The molecule has 0 radical (unpaired) electrons. The molecule has 4 heteroatoms. The fraction of sp³-hybridized carbons (Fsp3) is 0.455. The van der Waals surface area contributed by atoms with Gasteiger partial charge >= 0.3 is 0 Å². The van der Waals surface area contributed by atoms with Crippen molar-refractivity contribution in [2.45, 2.75) is 26.4 Å². The molecule has 2 atom stereocenters. The van der Waals surface area contributed by atoms with E-state index in [4.69, 9.17) is 14.6 Å². The highest BCUT2D eigenvalue weighted by Gasteiger charge is 2.11. The lowest BCUT2D eigenvalue weighted by molar-refractivity contribution is -0.279. The van der Waals surface area contributed by atoms with Crippen molar-refractivity contribution < 1.29 is 19.7 Å². The summed E-state index contributed by atoms with van der Waals surface area (Å²) in [7, 11) is 0. The number of benzene rings is 1. The van der Waals surface area contributed by atoms with Crippen LogP contribution in [0.15, 0.2) is 24.3 Å². The molecule has 0 spiro atoms. The number of aromatic hydroxyl groups is 1. The Morgan fingerprint density at radius 3 is 2.40 bits per heavy atom. The molecule has 0 saturated carbocycles. The lowest BCUT2D eigenvalue weighted by Gasteiger charge is -2.17. The van der Waals surface area contributed by atoms with Crippen molar-refractivity contribution in [3.8, 4) is 5.75 Å². The van der Waals surface area contributed by atoms with Crippen LogP contribution in [-0.2, 0) is 9.47 Å². The van der Waals surface area contributed by atoms with Gasteiger partial charge in [-0.15, -0.1) is 0 Å². The lowest BCUT2D eigenvalue weighted by atomic mass is 10.1. The average Bonchev–Trinajstić information content (AvgIpc) is 2.18. The Hall–Kier alpha value is -1.10. The Balaban J connectivity index is 2.53. The monoisotopic (exact) mass is 212 g/mol. The summed E-state index contributed by atoms with van der Waals surface area (Å²) in [6.07, 6.45) is -0.285. The molecule has 0 aliphatic rings. The van der Waals surface area contributed by atoms with Crippen molar-refractivity contribution >= 4 is 0 Å². The molecule has 2 N–H and O–H groups in total. The van der Waals surface area contributed by atoms with Gasteiger partial charge in [0.25, 0.3) is 6.48 Å². The van der Waals surface area contributed by atoms with Gasteiger partial charge in [-0.25, -0.2) is 0 Å². The number of phenols is 1. The molecule has 1 aromatic carbocycles. The van der Waals surface area contributed by atoms with Crippen LogP contribution in [0.3, 0.4) is 0 Å². The van der Waals surface area contributed by atoms with Gasteiger partial charge in [-0.1, -0.05) is 12.1 Å². The zero-order valence-corrected chi connectivity index (χ0v) is 8.88. The van der Waals surface area contributed by atoms with Crippen LogP contribution in [0.1, 0.15) is 25.5 Å². The quantitative estimate of drug-likeness (QED) is 0.730. The van der Waals surface area contributed by atoms with Crippen molar-refractivity contribution in [3.05, 3.63) is 29.8 Å². The Morgan fingerprint density at radius 2 is 1.87 bits per heavy atom. The highest BCUT2D eigenvalue weighted by atomic mass is 16.8. The Bertz CT molecular complexity index is 283. The van der Waals surface area contributed by atoms with Gasteiger partial charge in [0.15, 0.2) is 0 Å². The van der Waals surface area contributed by atoms with Crippen LogP contribution in [-0.4, -0.2) is 23.3 Å². The van der Waals surface area contributed by atoms with Crippen LogP contribution in [0.2, 0.25) is 0 Å². The van der Waals surface area contributed by atoms with E-state index in [0.717, 1.165) is 5.56 Å². The molecule has 0 bridgehead atoms. The molecule has 0 aliphatic carbocycles. The van der Waals surface area contributed by atoms with Crippen molar-refractivity contribution in [3.63, 3.8) is 0 Å². The van der Waals surface area contributed by atoms with E-state index in [2.05, 4.69) is 0 Å². The summed E-state index contributed by atoms with van der Waals surface area (Å²) in [6, 6.07) is 6.61. The van der Waals surface area contributed by atoms with Gasteiger partial charge in [-0.2, -0.15) is 0 Å². The SMILES string of the molecule is CCOC(O)OC(C)c1ccc(O)cc1. The largest absolute Gasteiger partial charge is 0.508 e. The van der Waals surface area contributed by atoms with Crippen LogP contribution in [0.5, 0.6) is 5.75 Å². The number of hydrogen-bond donors (Lipinski definition) is 2. The van der Waals surface area contributed by atoms with Crippen molar-refractivity contribution in [2.75, 3.05) is 6.61 Å². The predicted molar refractivity (Wildman–Crippen MR) is 55.2 cm³/mol. The van der Waals surface area contributed by atoms with Gasteiger partial charge in [0.1, 0.15) is 5.75 Å². The van der Waals surface area contributed by atoms with E-state index in [0.29, 0.717) is 6.61 Å². The van der Waals surface area contributed by atoms with Gasteiger partial charge in [0.05, 0.1) is 6.10 Å². The smallest absolute Gasteiger partial charge is 0.269 e. The maximum atomic E-state index is 9.24. The second-order valence-corrected chi connectivity index (χ2v) is 3.13. The van der Waals surface area contributed by atoms with Crippen molar-refractivity contribution in [2.24, 2.45) is 0 Å². The van der Waals surface area contributed by atoms with Crippen LogP contribution in [0, 0.1) is 0 Å². The van der Waals surface area contributed by atoms with Crippen LogP contribution in [0.4, 0.5) is 0 Å².